The normalized spacial score (nSPS) is 23.4. The Bertz CT molecular complexity index is 588. The van der Waals surface area contributed by atoms with Crippen LogP contribution in [0.2, 0.25) is 0 Å². The highest BCUT2D eigenvalue weighted by molar-refractivity contribution is 5.78. The quantitative estimate of drug-likeness (QED) is 0.791. The summed E-state index contributed by atoms with van der Waals surface area (Å²) >= 11 is 0. The van der Waals surface area contributed by atoms with Crippen LogP contribution in [0.1, 0.15) is 31.2 Å². The molecule has 1 saturated carbocycles. The third kappa shape index (κ3) is 5.77. The molecule has 4 rings (SSSR count). The molecule has 0 aromatic heterocycles. The monoisotopic (exact) mass is 370 g/mol. The fourth-order valence-corrected chi connectivity index (χ4v) is 4.43. The molecule has 2 saturated heterocycles. The summed E-state index contributed by atoms with van der Waals surface area (Å²) in [5.74, 6) is 0.220. The molecule has 0 unspecified atom stereocenters. The summed E-state index contributed by atoms with van der Waals surface area (Å²) < 4.78 is 0. The van der Waals surface area contributed by atoms with E-state index in [4.69, 9.17) is 0 Å². The second-order valence-electron chi connectivity index (χ2n) is 8.46. The average Bonchev–Trinajstić information content (AvgIpc) is 3.54. The number of hydrogen-bond donors (Lipinski definition) is 1. The number of carbonyl (C=O) groups is 1. The Labute approximate surface area is 163 Å². The van der Waals surface area contributed by atoms with Crippen LogP contribution < -0.4 is 5.32 Å². The minimum atomic E-state index is 0.220. The molecule has 2 aliphatic heterocycles. The zero-order chi connectivity index (χ0) is 18.5. The molecule has 1 aromatic carbocycles. The highest BCUT2D eigenvalue weighted by atomic mass is 16.2. The maximum Gasteiger partial charge on any atom is 0.234 e. The number of nitrogens with one attached hydrogen (secondary N) is 1. The van der Waals surface area contributed by atoms with Gasteiger partial charge in [-0.15, -0.1) is 0 Å². The van der Waals surface area contributed by atoms with Gasteiger partial charge in [-0.1, -0.05) is 30.3 Å². The molecule has 0 spiro atoms. The molecule has 3 aliphatic rings. The van der Waals surface area contributed by atoms with Gasteiger partial charge in [0, 0.05) is 57.9 Å². The van der Waals surface area contributed by atoms with E-state index in [1.54, 1.807) is 0 Å². The molecule has 2 heterocycles. The van der Waals surface area contributed by atoms with Gasteiger partial charge in [-0.25, -0.2) is 0 Å². The first-order chi connectivity index (χ1) is 13.3. The van der Waals surface area contributed by atoms with Crippen molar-refractivity contribution in [1.82, 2.24) is 20.0 Å². The minimum Gasteiger partial charge on any atom is -0.352 e. The van der Waals surface area contributed by atoms with E-state index in [2.05, 4.69) is 50.3 Å². The first-order valence-corrected chi connectivity index (χ1v) is 10.8. The maximum absolute atomic E-state index is 12.4. The fraction of sp³-hybridized carbons (Fsp3) is 0.682. The highest BCUT2D eigenvalue weighted by Gasteiger charge is 2.32. The Morgan fingerprint density at radius 1 is 0.889 bits per heavy atom. The number of piperazine rings is 1. The molecule has 3 fully saturated rings. The largest absolute Gasteiger partial charge is 0.352 e. The third-order valence-corrected chi connectivity index (χ3v) is 6.35. The summed E-state index contributed by atoms with van der Waals surface area (Å²) in [6, 6.07) is 12.0. The lowest BCUT2D eigenvalue weighted by Crippen LogP contribution is -2.52. The topological polar surface area (TPSA) is 38.8 Å². The fourth-order valence-electron chi connectivity index (χ4n) is 4.43. The molecule has 1 aliphatic carbocycles. The lowest BCUT2D eigenvalue weighted by Gasteiger charge is -2.35. The lowest BCUT2D eigenvalue weighted by atomic mass is 10.0. The van der Waals surface area contributed by atoms with Crippen molar-refractivity contribution < 1.29 is 4.79 Å². The molecule has 0 radical (unpaired) electrons. The van der Waals surface area contributed by atoms with Gasteiger partial charge in [0.2, 0.25) is 5.91 Å². The Kier molecular flexibility index (Phi) is 6.43. The summed E-state index contributed by atoms with van der Waals surface area (Å²) in [5.41, 5.74) is 1.41. The van der Waals surface area contributed by atoms with Crippen LogP contribution in [0.15, 0.2) is 30.3 Å². The van der Waals surface area contributed by atoms with Crippen molar-refractivity contribution in [2.24, 2.45) is 0 Å². The van der Waals surface area contributed by atoms with Gasteiger partial charge < -0.3 is 15.1 Å². The van der Waals surface area contributed by atoms with Crippen molar-refractivity contribution >= 4 is 5.91 Å². The van der Waals surface area contributed by atoms with Gasteiger partial charge in [-0.3, -0.25) is 9.69 Å². The number of benzene rings is 1. The second kappa shape index (κ2) is 9.18. The van der Waals surface area contributed by atoms with Gasteiger partial charge in [0.05, 0.1) is 6.54 Å². The molecule has 27 heavy (non-hydrogen) atoms. The summed E-state index contributed by atoms with van der Waals surface area (Å²) in [6.45, 7) is 8.15. The van der Waals surface area contributed by atoms with Crippen molar-refractivity contribution in [3.63, 3.8) is 0 Å². The van der Waals surface area contributed by atoms with E-state index in [1.165, 1.54) is 18.4 Å². The molecule has 1 amide bonds. The van der Waals surface area contributed by atoms with Crippen LogP contribution in [-0.2, 0) is 11.2 Å². The number of amides is 1. The summed E-state index contributed by atoms with van der Waals surface area (Å²) in [7, 11) is 0. The minimum absolute atomic E-state index is 0.220. The molecule has 0 bridgehead atoms. The predicted molar refractivity (Wildman–Crippen MR) is 109 cm³/mol. The van der Waals surface area contributed by atoms with E-state index in [9.17, 15) is 4.79 Å². The van der Waals surface area contributed by atoms with Gasteiger partial charge in [0.25, 0.3) is 0 Å². The SMILES string of the molecule is O=C(CN1CCN(CCc2ccccc2)CC1)NC1CCN(C2CC2)CC1. The van der Waals surface area contributed by atoms with Crippen molar-refractivity contribution in [3.8, 4) is 0 Å². The molecular weight excluding hydrogens is 336 g/mol. The van der Waals surface area contributed by atoms with E-state index in [1.807, 2.05) is 0 Å². The van der Waals surface area contributed by atoms with Crippen molar-refractivity contribution in [3.05, 3.63) is 35.9 Å². The second-order valence-corrected chi connectivity index (χ2v) is 8.46. The van der Waals surface area contributed by atoms with Gasteiger partial charge in [-0.05, 0) is 37.7 Å². The molecular formula is C22H34N4O. The van der Waals surface area contributed by atoms with E-state index < -0.39 is 0 Å². The number of piperidine rings is 1. The van der Waals surface area contributed by atoms with E-state index in [-0.39, 0.29) is 5.91 Å². The predicted octanol–water partition coefficient (Wildman–Crippen LogP) is 1.59. The number of hydrogen-bond acceptors (Lipinski definition) is 4. The molecule has 5 nitrogen and oxygen atoms in total. The van der Waals surface area contributed by atoms with Gasteiger partial charge in [0.1, 0.15) is 0 Å². The standard InChI is InChI=1S/C22H34N4O/c27-22(23-20-9-12-26(13-10-20)21-6-7-21)18-25-16-14-24(15-17-25)11-8-19-4-2-1-3-5-19/h1-5,20-21H,6-18H2,(H,23,27). The van der Waals surface area contributed by atoms with E-state index >= 15 is 0 Å². The average molecular weight is 371 g/mol. The maximum atomic E-state index is 12.4. The van der Waals surface area contributed by atoms with Crippen molar-refractivity contribution in [1.29, 1.82) is 0 Å². The summed E-state index contributed by atoms with van der Waals surface area (Å²) in [5, 5.41) is 3.28. The summed E-state index contributed by atoms with van der Waals surface area (Å²) in [4.78, 5) is 19.9. The van der Waals surface area contributed by atoms with Gasteiger partial charge >= 0.3 is 0 Å². The molecule has 1 N–H and O–H groups in total. The molecule has 148 valence electrons. The number of carbonyl (C=O) groups excluding carboxylic acids is 1. The third-order valence-electron chi connectivity index (χ3n) is 6.35. The lowest BCUT2D eigenvalue weighted by molar-refractivity contribution is -0.123. The first-order valence-electron chi connectivity index (χ1n) is 10.8. The van der Waals surface area contributed by atoms with Crippen LogP contribution in [0.5, 0.6) is 0 Å². The van der Waals surface area contributed by atoms with Crippen molar-refractivity contribution in [2.75, 3.05) is 52.4 Å². The van der Waals surface area contributed by atoms with Crippen molar-refractivity contribution in [2.45, 2.75) is 44.2 Å². The smallest absolute Gasteiger partial charge is 0.234 e. The van der Waals surface area contributed by atoms with Crippen LogP contribution in [-0.4, -0.2) is 85.0 Å². The Hall–Kier alpha value is -1.43. The van der Waals surface area contributed by atoms with E-state index in [0.29, 0.717) is 12.6 Å². The Morgan fingerprint density at radius 3 is 2.22 bits per heavy atom. The number of rotatable bonds is 7. The zero-order valence-electron chi connectivity index (χ0n) is 16.5. The number of nitrogens with zero attached hydrogens (tertiary/aromatic N) is 3. The number of likely N-dealkylation sites (tertiary alicyclic amines) is 1. The van der Waals surface area contributed by atoms with Gasteiger partial charge in [0.15, 0.2) is 0 Å². The first kappa shape index (κ1) is 18.9. The van der Waals surface area contributed by atoms with Crippen LogP contribution >= 0.6 is 0 Å². The highest BCUT2D eigenvalue weighted by Crippen LogP contribution is 2.29. The van der Waals surface area contributed by atoms with Crippen LogP contribution in [0.4, 0.5) is 0 Å². The van der Waals surface area contributed by atoms with Crippen LogP contribution in [0.25, 0.3) is 0 Å². The van der Waals surface area contributed by atoms with E-state index in [0.717, 1.165) is 71.1 Å². The molecule has 5 heteroatoms. The zero-order valence-corrected chi connectivity index (χ0v) is 16.5. The summed E-state index contributed by atoms with van der Waals surface area (Å²) in [6.07, 6.45) is 6.12. The Balaban J connectivity index is 1.10. The Morgan fingerprint density at radius 2 is 1.56 bits per heavy atom. The molecule has 0 atom stereocenters. The van der Waals surface area contributed by atoms with Gasteiger partial charge in [-0.2, -0.15) is 0 Å². The van der Waals surface area contributed by atoms with Crippen LogP contribution in [0.3, 0.4) is 0 Å². The van der Waals surface area contributed by atoms with Crippen LogP contribution in [0, 0.1) is 0 Å². The molecule has 1 aromatic rings.